The van der Waals surface area contributed by atoms with E-state index in [4.69, 9.17) is 0 Å². The van der Waals surface area contributed by atoms with Crippen molar-refractivity contribution in [2.45, 2.75) is 52.0 Å². The van der Waals surface area contributed by atoms with Crippen molar-refractivity contribution in [2.75, 3.05) is 13.7 Å². The third-order valence-corrected chi connectivity index (χ3v) is 4.29. The highest BCUT2D eigenvalue weighted by atomic mass is 16.5. The molecule has 0 radical (unpaired) electrons. The summed E-state index contributed by atoms with van der Waals surface area (Å²) in [4.78, 5) is 34.2. The molecule has 0 spiro atoms. The lowest BCUT2D eigenvalue weighted by Crippen LogP contribution is -2.44. The first-order chi connectivity index (χ1) is 9.93. The average molecular weight is 298 g/mol. The smallest absolute Gasteiger partial charge is 0.325 e. The predicted molar refractivity (Wildman–Crippen MR) is 78.4 cm³/mol. The van der Waals surface area contributed by atoms with Crippen molar-refractivity contribution in [3.05, 3.63) is 0 Å². The summed E-state index contributed by atoms with van der Waals surface area (Å²) >= 11 is 0. The van der Waals surface area contributed by atoms with Crippen LogP contribution in [-0.4, -0.2) is 37.5 Å². The lowest BCUT2D eigenvalue weighted by molar-refractivity contribution is -0.141. The van der Waals surface area contributed by atoms with E-state index >= 15 is 0 Å². The molecule has 1 aliphatic carbocycles. The number of nitrogens with one attached hydrogen (secondary N) is 2. The number of amides is 2. The maximum absolute atomic E-state index is 11.9. The average Bonchev–Trinajstić information content (AvgIpc) is 2.47. The Morgan fingerprint density at radius 1 is 1.10 bits per heavy atom. The van der Waals surface area contributed by atoms with Crippen LogP contribution in [0, 0.1) is 11.8 Å². The van der Waals surface area contributed by atoms with Crippen molar-refractivity contribution in [3.63, 3.8) is 0 Å². The number of carbonyl (C=O) groups is 3. The van der Waals surface area contributed by atoms with Gasteiger partial charge in [0.2, 0.25) is 11.8 Å². The number of carbonyl (C=O) groups excluding carboxylic acids is 3. The molecule has 1 aliphatic rings. The molecule has 1 rings (SSSR count). The minimum atomic E-state index is -0.502. The first-order valence-electron chi connectivity index (χ1n) is 7.57. The van der Waals surface area contributed by atoms with Crippen molar-refractivity contribution in [1.29, 1.82) is 0 Å². The Labute approximate surface area is 126 Å². The monoisotopic (exact) mass is 298 g/mol. The van der Waals surface area contributed by atoms with Gasteiger partial charge >= 0.3 is 5.97 Å². The molecule has 0 saturated heterocycles. The maximum Gasteiger partial charge on any atom is 0.325 e. The van der Waals surface area contributed by atoms with Gasteiger partial charge in [-0.15, -0.1) is 0 Å². The van der Waals surface area contributed by atoms with Crippen molar-refractivity contribution >= 4 is 17.8 Å². The normalized spacial score (nSPS) is 25.0. The molecule has 3 atom stereocenters. The molecule has 120 valence electrons. The van der Waals surface area contributed by atoms with E-state index < -0.39 is 5.97 Å². The predicted octanol–water partition coefficient (Wildman–Crippen LogP) is 0.997. The Hall–Kier alpha value is -1.59. The molecule has 0 aromatic rings. The first kappa shape index (κ1) is 17.5. The van der Waals surface area contributed by atoms with E-state index in [1.807, 2.05) is 0 Å². The standard InChI is InChI=1S/C15H26N2O4/c1-10-5-4-6-12(11(10)2)17-14(19)8-7-13(18)16-9-15(20)21-3/h10-12H,4-9H2,1-3H3,(H,16,18)(H,17,19). The van der Waals surface area contributed by atoms with Gasteiger partial charge in [0, 0.05) is 18.9 Å². The summed E-state index contributed by atoms with van der Waals surface area (Å²) in [5.74, 6) is 0.163. The van der Waals surface area contributed by atoms with Gasteiger partial charge in [0.15, 0.2) is 0 Å². The largest absolute Gasteiger partial charge is 0.468 e. The van der Waals surface area contributed by atoms with Crippen molar-refractivity contribution < 1.29 is 19.1 Å². The fourth-order valence-electron chi connectivity index (χ4n) is 2.62. The van der Waals surface area contributed by atoms with Gasteiger partial charge in [-0.25, -0.2) is 0 Å². The van der Waals surface area contributed by atoms with Gasteiger partial charge in [0.1, 0.15) is 6.54 Å². The molecule has 0 aromatic heterocycles. The second-order valence-electron chi connectivity index (χ2n) is 5.79. The summed E-state index contributed by atoms with van der Waals surface area (Å²) in [5.41, 5.74) is 0. The Morgan fingerprint density at radius 3 is 2.43 bits per heavy atom. The van der Waals surface area contributed by atoms with Crippen LogP contribution >= 0.6 is 0 Å². The van der Waals surface area contributed by atoms with E-state index in [-0.39, 0.29) is 37.2 Å². The Morgan fingerprint density at radius 2 is 1.76 bits per heavy atom. The van der Waals surface area contributed by atoms with Gasteiger partial charge in [-0.05, 0) is 18.3 Å². The number of rotatable bonds is 6. The zero-order valence-electron chi connectivity index (χ0n) is 13.1. The highest BCUT2D eigenvalue weighted by Gasteiger charge is 2.28. The molecule has 0 aromatic carbocycles. The lowest BCUT2D eigenvalue weighted by Gasteiger charge is -2.34. The number of methoxy groups -OCH3 is 1. The fraction of sp³-hybridized carbons (Fsp3) is 0.800. The first-order valence-corrected chi connectivity index (χ1v) is 7.57. The summed E-state index contributed by atoms with van der Waals surface area (Å²) in [6, 6.07) is 0.208. The summed E-state index contributed by atoms with van der Waals surface area (Å²) < 4.78 is 4.42. The van der Waals surface area contributed by atoms with Crippen LogP contribution in [0.4, 0.5) is 0 Å². The zero-order chi connectivity index (χ0) is 15.8. The van der Waals surface area contributed by atoms with Gasteiger partial charge in [-0.2, -0.15) is 0 Å². The third kappa shape index (κ3) is 6.14. The van der Waals surface area contributed by atoms with E-state index in [2.05, 4.69) is 29.2 Å². The summed E-state index contributed by atoms with van der Waals surface area (Å²) in [6.45, 7) is 4.22. The molecule has 2 N–H and O–H groups in total. The maximum atomic E-state index is 11.9. The second-order valence-corrected chi connectivity index (χ2v) is 5.79. The molecule has 6 heteroatoms. The molecule has 0 heterocycles. The van der Waals surface area contributed by atoms with Crippen LogP contribution in [0.25, 0.3) is 0 Å². The summed E-state index contributed by atoms with van der Waals surface area (Å²) in [6.07, 6.45) is 3.58. The van der Waals surface area contributed by atoms with E-state index in [0.29, 0.717) is 11.8 Å². The minimum Gasteiger partial charge on any atom is -0.468 e. The van der Waals surface area contributed by atoms with Gasteiger partial charge in [0.25, 0.3) is 0 Å². The number of hydrogen-bond donors (Lipinski definition) is 2. The summed E-state index contributed by atoms with van der Waals surface area (Å²) in [5, 5.41) is 5.43. The number of hydrogen-bond acceptors (Lipinski definition) is 4. The van der Waals surface area contributed by atoms with Crippen molar-refractivity contribution in [1.82, 2.24) is 10.6 Å². The molecular weight excluding hydrogens is 272 g/mol. The molecule has 21 heavy (non-hydrogen) atoms. The summed E-state index contributed by atoms with van der Waals surface area (Å²) in [7, 11) is 1.26. The Kier molecular flexibility index (Phi) is 7.19. The molecule has 1 saturated carbocycles. The van der Waals surface area contributed by atoms with Gasteiger partial charge in [-0.1, -0.05) is 26.7 Å². The van der Waals surface area contributed by atoms with E-state index in [1.165, 1.54) is 13.5 Å². The highest BCUT2D eigenvalue weighted by molar-refractivity contribution is 5.86. The highest BCUT2D eigenvalue weighted by Crippen LogP contribution is 2.29. The number of ether oxygens (including phenoxy) is 1. The molecule has 3 unspecified atom stereocenters. The topological polar surface area (TPSA) is 84.5 Å². The van der Waals surface area contributed by atoms with E-state index in [1.54, 1.807) is 0 Å². The lowest BCUT2D eigenvalue weighted by atomic mass is 9.78. The van der Waals surface area contributed by atoms with Crippen LogP contribution in [0.2, 0.25) is 0 Å². The molecule has 0 aliphatic heterocycles. The van der Waals surface area contributed by atoms with Crippen LogP contribution in [0.3, 0.4) is 0 Å². The van der Waals surface area contributed by atoms with Crippen molar-refractivity contribution in [3.8, 4) is 0 Å². The van der Waals surface area contributed by atoms with E-state index in [9.17, 15) is 14.4 Å². The molecule has 2 amide bonds. The van der Waals surface area contributed by atoms with Crippen LogP contribution in [0.5, 0.6) is 0 Å². The molecular formula is C15H26N2O4. The van der Waals surface area contributed by atoms with Crippen LogP contribution in [-0.2, 0) is 19.1 Å². The molecule has 0 bridgehead atoms. The van der Waals surface area contributed by atoms with Crippen molar-refractivity contribution in [2.24, 2.45) is 11.8 Å². The Bertz CT molecular complexity index is 384. The zero-order valence-corrected chi connectivity index (χ0v) is 13.1. The SMILES string of the molecule is COC(=O)CNC(=O)CCC(=O)NC1CCCC(C)C1C. The van der Waals surface area contributed by atoms with Gasteiger partial charge in [0.05, 0.1) is 7.11 Å². The third-order valence-electron chi connectivity index (χ3n) is 4.29. The van der Waals surface area contributed by atoms with Gasteiger partial charge < -0.3 is 15.4 Å². The Balaban J connectivity index is 2.24. The van der Waals surface area contributed by atoms with Crippen LogP contribution in [0.1, 0.15) is 46.0 Å². The second kappa shape index (κ2) is 8.64. The fourth-order valence-corrected chi connectivity index (χ4v) is 2.62. The minimum absolute atomic E-state index is 0.0828. The molecule has 1 fully saturated rings. The molecule has 6 nitrogen and oxygen atoms in total. The quantitative estimate of drug-likeness (QED) is 0.716. The number of esters is 1. The van der Waals surface area contributed by atoms with Crippen LogP contribution in [0.15, 0.2) is 0 Å². The van der Waals surface area contributed by atoms with Gasteiger partial charge in [-0.3, -0.25) is 14.4 Å². The van der Waals surface area contributed by atoms with Crippen LogP contribution < -0.4 is 10.6 Å². The van der Waals surface area contributed by atoms with E-state index in [0.717, 1.165) is 12.8 Å².